The van der Waals surface area contributed by atoms with Crippen LogP contribution in [0.5, 0.6) is 0 Å². The fourth-order valence-corrected chi connectivity index (χ4v) is 1.39. The van der Waals surface area contributed by atoms with Gasteiger partial charge < -0.3 is 0 Å². The molecule has 0 amide bonds. The fourth-order valence-electron chi connectivity index (χ4n) is 1.39. The highest BCUT2D eigenvalue weighted by Gasteiger charge is 2.08. The molecule has 1 aromatic rings. The summed E-state index contributed by atoms with van der Waals surface area (Å²) in [5.74, 6) is 0. The minimum atomic E-state index is 0.815. The Balaban J connectivity index is 2.17. The summed E-state index contributed by atoms with van der Waals surface area (Å²) in [5, 5.41) is 9.88. The number of nitrogens with zero attached hydrogens (tertiary/aromatic N) is 3. The van der Waals surface area contributed by atoms with E-state index >= 15 is 0 Å². The van der Waals surface area contributed by atoms with Gasteiger partial charge in [-0.2, -0.15) is 5.11 Å². The summed E-state index contributed by atoms with van der Waals surface area (Å²) >= 11 is 0. The first-order chi connectivity index (χ1) is 6.40. The quantitative estimate of drug-likeness (QED) is 0.678. The summed E-state index contributed by atoms with van der Waals surface area (Å²) in [5.41, 5.74) is 2.50. The second-order valence-corrected chi connectivity index (χ2v) is 3.10. The molecule has 1 aliphatic rings. The molecule has 1 aromatic carbocycles. The molecule has 1 aliphatic heterocycles. The predicted octanol–water partition coefficient (Wildman–Crippen LogP) is 2.44. The Bertz CT molecular complexity index is 302. The van der Waals surface area contributed by atoms with Crippen molar-refractivity contribution in [2.24, 2.45) is 10.3 Å². The van der Waals surface area contributed by atoms with E-state index in [9.17, 15) is 0 Å². The monoisotopic (exact) mass is 175 g/mol. The predicted molar refractivity (Wildman–Crippen MR) is 52.9 cm³/mol. The van der Waals surface area contributed by atoms with Crippen LogP contribution in [0.25, 0.3) is 0 Å². The molecule has 0 unspecified atom stereocenters. The summed E-state index contributed by atoms with van der Waals surface area (Å²) in [7, 11) is 0. The van der Waals surface area contributed by atoms with Gasteiger partial charge in [0.1, 0.15) is 0 Å². The van der Waals surface area contributed by atoms with Crippen LogP contribution in [0.1, 0.15) is 12.5 Å². The average molecular weight is 175 g/mol. The molecule has 0 saturated carbocycles. The van der Waals surface area contributed by atoms with Gasteiger partial charge in [0.25, 0.3) is 0 Å². The zero-order valence-corrected chi connectivity index (χ0v) is 7.77. The van der Waals surface area contributed by atoms with E-state index in [4.69, 9.17) is 0 Å². The average Bonchev–Trinajstić information content (AvgIpc) is 2.71. The van der Waals surface area contributed by atoms with Crippen molar-refractivity contribution in [1.29, 1.82) is 0 Å². The van der Waals surface area contributed by atoms with Crippen LogP contribution < -0.4 is 5.01 Å². The molecule has 0 atom stereocenters. The van der Waals surface area contributed by atoms with Gasteiger partial charge in [0.2, 0.25) is 0 Å². The lowest BCUT2D eigenvalue weighted by molar-refractivity contribution is 0.942. The van der Waals surface area contributed by atoms with Gasteiger partial charge in [0, 0.05) is 0 Å². The van der Waals surface area contributed by atoms with E-state index in [2.05, 4.69) is 41.5 Å². The smallest absolute Gasteiger partial charge is 0.0817 e. The number of benzene rings is 1. The summed E-state index contributed by atoms with van der Waals surface area (Å²) in [6.45, 7) is 3.88. The number of anilines is 1. The van der Waals surface area contributed by atoms with Crippen molar-refractivity contribution in [3.63, 3.8) is 0 Å². The third-order valence-electron chi connectivity index (χ3n) is 2.23. The van der Waals surface area contributed by atoms with Crippen LogP contribution in [0, 0.1) is 0 Å². The molecule has 13 heavy (non-hydrogen) atoms. The van der Waals surface area contributed by atoms with Gasteiger partial charge in [-0.15, -0.1) is 0 Å². The van der Waals surface area contributed by atoms with E-state index in [0.717, 1.165) is 25.2 Å². The summed E-state index contributed by atoms with van der Waals surface area (Å²) in [6, 6.07) is 8.48. The second kappa shape index (κ2) is 3.56. The molecule has 0 saturated heterocycles. The van der Waals surface area contributed by atoms with Gasteiger partial charge in [-0.1, -0.05) is 24.3 Å². The van der Waals surface area contributed by atoms with Gasteiger partial charge in [0.15, 0.2) is 0 Å². The third kappa shape index (κ3) is 1.69. The van der Waals surface area contributed by atoms with Gasteiger partial charge in [-0.25, -0.2) is 5.01 Å². The molecule has 0 aliphatic carbocycles. The Morgan fingerprint density at radius 2 is 2.08 bits per heavy atom. The van der Waals surface area contributed by atoms with Crippen LogP contribution in [0.4, 0.5) is 5.69 Å². The minimum Gasteiger partial charge on any atom is -0.245 e. The third-order valence-corrected chi connectivity index (χ3v) is 2.23. The molecular weight excluding hydrogens is 162 g/mol. The molecule has 68 valence electrons. The number of rotatable bonds is 2. The highest BCUT2D eigenvalue weighted by molar-refractivity contribution is 5.47. The van der Waals surface area contributed by atoms with Gasteiger partial charge in [0.05, 0.1) is 18.8 Å². The first-order valence-electron chi connectivity index (χ1n) is 4.64. The van der Waals surface area contributed by atoms with E-state index in [-0.39, 0.29) is 0 Å². The van der Waals surface area contributed by atoms with Gasteiger partial charge in [-0.3, -0.25) is 0 Å². The van der Waals surface area contributed by atoms with E-state index in [1.54, 1.807) is 0 Å². The molecule has 0 spiro atoms. The van der Waals surface area contributed by atoms with E-state index in [0.29, 0.717) is 0 Å². The molecule has 0 aromatic heterocycles. The number of hydrogen-bond donors (Lipinski definition) is 0. The molecule has 3 nitrogen and oxygen atoms in total. The minimum absolute atomic E-state index is 0.815. The van der Waals surface area contributed by atoms with Crippen molar-refractivity contribution < 1.29 is 0 Å². The van der Waals surface area contributed by atoms with Crippen molar-refractivity contribution in [2.75, 3.05) is 18.1 Å². The first-order valence-corrected chi connectivity index (χ1v) is 4.64. The van der Waals surface area contributed by atoms with Crippen LogP contribution in [-0.4, -0.2) is 13.1 Å². The van der Waals surface area contributed by atoms with Crippen molar-refractivity contribution in [1.82, 2.24) is 0 Å². The second-order valence-electron chi connectivity index (χ2n) is 3.10. The van der Waals surface area contributed by atoms with Crippen LogP contribution in [0.2, 0.25) is 0 Å². The lowest BCUT2D eigenvalue weighted by Gasteiger charge is -2.11. The standard InChI is InChI=1S/C10H13N3/c1-2-9-3-5-10(6-4-9)13-8-7-11-12-13/h3-6H,2,7-8H2,1H3. The van der Waals surface area contributed by atoms with E-state index in [1.807, 2.05) is 5.01 Å². The molecular formula is C10H13N3. The lowest BCUT2D eigenvalue weighted by atomic mass is 10.1. The van der Waals surface area contributed by atoms with Crippen LogP contribution >= 0.6 is 0 Å². The highest BCUT2D eigenvalue weighted by atomic mass is 15.6. The molecule has 0 radical (unpaired) electrons. The van der Waals surface area contributed by atoms with Crippen LogP contribution in [0.15, 0.2) is 34.6 Å². The molecule has 0 fully saturated rings. The SMILES string of the molecule is CCc1ccc(N2CCN=N2)cc1. The maximum atomic E-state index is 4.02. The highest BCUT2D eigenvalue weighted by Crippen LogP contribution is 2.18. The zero-order valence-electron chi connectivity index (χ0n) is 7.77. The fraction of sp³-hybridized carbons (Fsp3) is 0.400. The summed E-state index contributed by atoms with van der Waals surface area (Å²) in [6.07, 6.45) is 1.09. The van der Waals surface area contributed by atoms with Crippen molar-refractivity contribution in [3.8, 4) is 0 Å². The first kappa shape index (κ1) is 8.23. The molecule has 0 bridgehead atoms. The van der Waals surface area contributed by atoms with Crippen molar-refractivity contribution in [3.05, 3.63) is 29.8 Å². The molecule has 2 rings (SSSR count). The maximum absolute atomic E-state index is 4.02. The van der Waals surface area contributed by atoms with Crippen LogP contribution in [-0.2, 0) is 6.42 Å². The zero-order chi connectivity index (χ0) is 9.10. The topological polar surface area (TPSA) is 28.0 Å². The maximum Gasteiger partial charge on any atom is 0.0817 e. The lowest BCUT2D eigenvalue weighted by Crippen LogP contribution is -2.13. The largest absolute Gasteiger partial charge is 0.245 e. The Kier molecular flexibility index (Phi) is 2.25. The molecule has 1 heterocycles. The van der Waals surface area contributed by atoms with Crippen molar-refractivity contribution >= 4 is 5.69 Å². The molecule has 3 heteroatoms. The Hall–Kier alpha value is -1.38. The molecule has 0 N–H and O–H groups in total. The summed E-state index contributed by atoms with van der Waals surface area (Å²) < 4.78 is 0. The van der Waals surface area contributed by atoms with E-state index in [1.165, 1.54) is 5.56 Å². The Labute approximate surface area is 78.1 Å². The number of aryl methyl sites for hydroxylation is 1. The Morgan fingerprint density at radius 1 is 1.31 bits per heavy atom. The van der Waals surface area contributed by atoms with Gasteiger partial charge in [-0.05, 0) is 24.1 Å². The Morgan fingerprint density at radius 3 is 2.62 bits per heavy atom. The number of hydrogen-bond acceptors (Lipinski definition) is 3. The van der Waals surface area contributed by atoms with Crippen molar-refractivity contribution in [2.45, 2.75) is 13.3 Å². The van der Waals surface area contributed by atoms with Gasteiger partial charge >= 0.3 is 0 Å². The van der Waals surface area contributed by atoms with E-state index < -0.39 is 0 Å². The normalized spacial score (nSPS) is 15.3. The van der Waals surface area contributed by atoms with Crippen LogP contribution in [0.3, 0.4) is 0 Å². The summed E-state index contributed by atoms with van der Waals surface area (Å²) in [4.78, 5) is 0.